The summed E-state index contributed by atoms with van der Waals surface area (Å²) in [5, 5.41) is 4.38. The molecular weight excluding hydrogens is 534 g/mol. The largest absolute Gasteiger partial charge is 0.379 e. The molecule has 1 aromatic carbocycles. The smallest absolute Gasteiger partial charge is 0.271 e. The van der Waals surface area contributed by atoms with Gasteiger partial charge in [-0.15, -0.1) is 0 Å². The van der Waals surface area contributed by atoms with Crippen molar-refractivity contribution in [3.05, 3.63) is 51.4 Å². The van der Waals surface area contributed by atoms with Crippen LogP contribution in [0.25, 0.3) is 11.0 Å². The van der Waals surface area contributed by atoms with E-state index >= 15 is 0 Å². The van der Waals surface area contributed by atoms with Crippen molar-refractivity contribution in [2.75, 3.05) is 31.6 Å². The predicted octanol–water partition coefficient (Wildman–Crippen LogP) is 5.22. The maximum Gasteiger partial charge on any atom is 0.271 e. The van der Waals surface area contributed by atoms with Crippen LogP contribution < -0.4 is 10.9 Å². The van der Waals surface area contributed by atoms with E-state index < -0.39 is 10.8 Å². The summed E-state index contributed by atoms with van der Waals surface area (Å²) in [7, 11) is -1.01. The van der Waals surface area contributed by atoms with Crippen LogP contribution in [0, 0.1) is 12.3 Å². The van der Waals surface area contributed by atoms with Gasteiger partial charge in [0.25, 0.3) is 5.56 Å². The van der Waals surface area contributed by atoms with Crippen LogP contribution in [0.15, 0.2) is 40.2 Å². The van der Waals surface area contributed by atoms with Gasteiger partial charge in [0.1, 0.15) is 10.7 Å². The Morgan fingerprint density at radius 2 is 1.97 bits per heavy atom. The third-order valence-corrected chi connectivity index (χ3v) is 10.8. The Hall–Kier alpha value is -2.33. The summed E-state index contributed by atoms with van der Waals surface area (Å²) < 4.78 is 20.6. The minimum absolute atomic E-state index is 0.106. The van der Waals surface area contributed by atoms with Crippen LogP contribution in [0.1, 0.15) is 57.6 Å². The monoisotopic (exact) mass is 569 g/mol. The Morgan fingerprint density at radius 1 is 1.21 bits per heavy atom. The van der Waals surface area contributed by atoms with Crippen molar-refractivity contribution in [1.82, 2.24) is 19.4 Å². The second-order valence-corrected chi connectivity index (χ2v) is 13.9. The highest BCUT2D eigenvalue weighted by Crippen LogP contribution is 2.52. The van der Waals surface area contributed by atoms with Crippen LogP contribution in [0.4, 0.5) is 11.6 Å². The Bertz CT molecular complexity index is 1470. The van der Waals surface area contributed by atoms with Crippen molar-refractivity contribution in [3.63, 3.8) is 0 Å². The minimum Gasteiger partial charge on any atom is -0.379 e. The van der Waals surface area contributed by atoms with Crippen molar-refractivity contribution >= 4 is 45.1 Å². The summed E-state index contributed by atoms with van der Waals surface area (Å²) in [4.78, 5) is 25.5. The fourth-order valence-electron chi connectivity index (χ4n) is 6.41. The first-order chi connectivity index (χ1) is 18.7. The average molecular weight is 570 g/mol. The number of piperidine rings is 1. The zero-order valence-corrected chi connectivity index (χ0v) is 24.4. The van der Waals surface area contributed by atoms with Gasteiger partial charge in [0.05, 0.1) is 23.4 Å². The number of halogens is 1. The summed E-state index contributed by atoms with van der Waals surface area (Å²) in [6.45, 7) is 9.91. The molecule has 1 aliphatic carbocycles. The molecule has 0 bridgehead atoms. The Kier molecular flexibility index (Phi) is 7.29. The first kappa shape index (κ1) is 26.9. The molecular formula is C29H36ClN5O3S. The number of pyridine rings is 1. The van der Waals surface area contributed by atoms with E-state index in [0.29, 0.717) is 41.7 Å². The number of benzene rings is 1. The van der Waals surface area contributed by atoms with E-state index in [1.807, 2.05) is 25.1 Å². The van der Waals surface area contributed by atoms with E-state index in [4.69, 9.17) is 21.3 Å². The molecule has 0 radical (unpaired) electrons. The summed E-state index contributed by atoms with van der Waals surface area (Å²) in [6, 6.07) is 8.02. The molecule has 208 valence electrons. The third kappa shape index (κ3) is 5.14. The molecule has 10 heteroatoms. The number of nitrogens with one attached hydrogen (secondary N) is 1. The molecule has 0 amide bonds. The molecule has 6 rings (SSSR count). The number of aromatic nitrogens is 3. The van der Waals surface area contributed by atoms with Gasteiger partial charge in [-0.2, -0.15) is 4.98 Å². The number of ether oxygens (including phenoxy) is 1. The van der Waals surface area contributed by atoms with Crippen LogP contribution in [0.2, 0.25) is 5.02 Å². The lowest BCUT2D eigenvalue weighted by Crippen LogP contribution is -2.51. The van der Waals surface area contributed by atoms with Crippen molar-refractivity contribution in [1.29, 1.82) is 0 Å². The lowest BCUT2D eigenvalue weighted by Gasteiger charge is -2.52. The number of aryl methyl sites for hydroxylation is 1. The predicted molar refractivity (Wildman–Crippen MR) is 156 cm³/mol. The third-order valence-electron chi connectivity index (χ3n) is 8.89. The SMILES string of the molecule is Cc1cc(S(=O)C2CC3(CCN(C(C)C)CC3)C2)ccc1Nc1ncc2cc(Cl)c(=O)n(C3CCOC3)c2n1. The van der Waals surface area contributed by atoms with E-state index in [1.54, 1.807) is 16.8 Å². The second-order valence-electron chi connectivity index (χ2n) is 11.7. The van der Waals surface area contributed by atoms with Gasteiger partial charge in [-0.1, -0.05) is 11.6 Å². The van der Waals surface area contributed by atoms with Crippen LogP contribution >= 0.6 is 11.6 Å². The minimum atomic E-state index is -1.01. The maximum absolute atomic E-state index is 13.4. The van der Waals surface area contributed by atoms with Gasteiger partial charge in [-0.25, -0.2) is 4.98 Å². The van der Waals surface area contributed by atoms with E-state index in [2.05, 4.69) is 29.0 Å². The normalized spacial score (nSPS) is 22.4. The molecule has 3 aromatic rings. The van der Waals surface area contributed by atoms with Crippen molar-refractivity contribution in [2.24, 2.45) is 5.41 Å². The molecule has 2 aromatic heterocycles. The van der Waals surface area contributed by atoms with Crippen LogP contribution in [0.5, 0.6) is 0 Å². The van der Waals surface area contributed by atoms with Gasteiger partial charge < -0.3 is 15.0 Å². The van der Waals surface area contributed by atoms with E-state index in [1.165, 1.54) is 12.8 Å². The van der Waals surface area contributed by atoms with Gasteiger partial charge in [0.15, 0.2) is 0 Å². The van der Waals surface area contributed by atoms with Crippen LogP contribution in [0.3, 0.4) is 0 Å². The number of hydrogen-bond acceptors (Lipinski definition) is 7. The molecule has 39 heavy (non-hydrogen) atoms. The number of likely N-dealkylation sites (tertiary alicyclic amines) is 1. The summed E-state index contributed by atoms with van der Waals surface area (Å²) >= 11 is 6.23. The lowest BCUT2D eigenvalue weighted by molar-refractivity contribution is 0.0257. The molecule has 1 spiro atoms. The van der Waals surface area contributed by atoms with Gasteiger partial charge >= 0.3 is 0 Å². The highest BCUT2D eigenvalue weighted by molar-refractivity contribution is 7.85. The first-order valence-corrected chi connectivity index (χ1v) is 15.5. The molecule has 3 fully saturated rings. The quantitative estimate of drug-likeness (QED) is 0.435. The van der Waals surface area contributed by atoms with E-state index in [9.17, 15) is 9.00 Å². The molecule has 1 saturated carbocycles. The fraction of sp³-hybridized carbons (Fsp3) is 0.552. The number of rotatable bonds is 6. The number of hydrogen-bond donors (Lipinski definition) is 1. The zero-order valence-electron chi connectivity index (χ0n) is 22.8. The zero-order chi connectivity index (χ0) is 27.3. The number of anilines is 2. The van der Waals surface area contributed by atoms with Gasteiger partial charge in [-0.05, 0) is 101 Å². The number of fused-ring (bicyclic) bond motifs is 1. The van der Waals surface area contributed by atoms with Crippen LogP contribution in [-0.4, -0.2) is 61.2 Å². The lowest BCUT2D eigenvalue weighted by atomic mass is 9.63. The molecule has 2 unspecified atom stereocenters. The number of nitrogens with zero attached hydrogens (tertiary/aromatic N) is 4. The Morgan fingerprint density at radius 3 is 2.64 bits per heavy atom. The summed E-state index contributed by atoms with van der Waals surface area (Å²) in [5.74, 6) is 0.391. The van der Waals surface area contributed by atoms with Crippen molar-refractivity contribution in [3.8, 4) is 0 Å². The molecule has 2 aliphatic heterocycles. The van der Waals surface area contributed by atoms with Gasteiger partial charge in [0.2, 0.25) is 5.95 Å². The first-order valence-electron chi connectivity index (χ1n) is 13.9. The summed E-state index contributed by atoms with van der Waals surface area (Å²) in [5.41, 5.74) is 2.47. The molecule has 3 aliphatic rings. The molecule has 8 nitrogen and oxygen atoms in total. The topological polar surface area (TPSA) is 89.4 Å². The maximum atomic E-state index is 13.4. The Labute approximate surface area is 236 Å². The van der Waals surface area contributed by atoms with Gasteiger partial charge in [0, 0.05) is 40.1 Å². The highest BCUT2D eigenvalue weighted by Gasteiger charge is 2.48. The molecule has 4 heterocycles. The van der Waals surface area contributed by atoms with E-state index in [0.717, 1.165) is 48.5 Å². The van der Waals surface area contributed by atoms with E-state index in [-0.39, 0.29) is 21.9 Å². The molecule has 1 N–H and O–H groups in total. The standard InChI is InChI=1S/C29H36ClN5O3S/c1-18(2)34-9-7-29(8-10-34)14-23(15-29)39(37)22-4-5-25(19(3)12-22)32-28-31-16-20-13-24(30)27(36)35(26(20)33-28)21-6-11-38-17-21/h4-5,12-13,16,18,21,23H,6-11,14-15,17H2,1-3H3,(H,31,32,33). The molecule has 2 saturated heterocycles. The fourth-order valence-corrected chi connectivity index (χ4v) is 8.50. The summed E-state index contributed by atoms with van der Waals surface area (Å²) in [6.07, 6.45) is 6.98. The van der Waals surface area contributed by atoms with Crippen molar-refractivity contribution < 1.29 is 8.95 Å². The van der Waals surface area contributed by atoms with Crippen LogP contribution in [-0.2, 0) is 15.5 Å². The Balaban J connectivity index is 1.17. The second kappa shape index (κ2) is 10.6. The van der Waals surface area contributed by atoms with Gasteiger partial charge in [-0.3, -0.25) is 13.6 Å². The average Bonchev–Trinajstić information content (AvgIpc) is 3.43. The highest BCUT2D eigenvalue weighted by atomic mass is 35.5. The van der Waals surface area contributed by atoms with Crippen molar-refractivity contribution in [2.45, 2.75) is 75.1 Å². The molecule has 2 atom stereocenters.